The van der Waals surface area contributed by atoms with Crippen LogP contribution in [0.25, 0.3) is 0 Å². The van der Waals surface area contributed by atoms with Gasteiger partial charge < -0.3 is 9.84 Å². The first kappa shape index (κ1) is 8.63. The molecule has 6 heteroatoms. The van der Waals surface area contributed by atoms with Crippen LogP contribution in [0, 0.1) is 0 Å². The Morgan fingerprint density at radius 1 is 1.42 bits per heavy atom. The van der Waals surface area contributed by atoms with E-state index in [1.807, 2.05) is 0 Å². The standard InChI is InChI=1S/C6H4F3NO2/c7-6(8,9)12-5-1-2-10-3-4(5)11/h1-3,11H. The van der Waals surface area contributed by atoms with Gasteiger partial charge >= 0.3 is 6.36 Å². The zero-order chi connectivity index (χ0) is 9.19. The summed E-state index contributed by atoms with van der Waals surface area (Å²) in [5.74, 6) is -1.30. The lowest BCUT2D eigenvalue weighted by Crippen LogP contribution is -2.17. The molecule has 0 aliphatic heterocycles. The lowest BCUT2D eigenvalue weighted by atomic mass is 10.4. The van der Waals surface area contributed by atoms with Crippen molar-refractivity contribution in [2.45, 2.75) is 6.36 Å². The van der Waals surface area contributed by atoms with Gasteiger partial charge in [-0.05, 0) is 0 Å². The van der Waals surface area contributed by atoms with E-state index in [1.165, 1.54) is 0 Å². The Bertz CT molecular complexity index is 274. The van der Waals surface area contributed by atoms with E-state index < -0.39 is 17.9 Å². The maximum atomic E-state index is 11.6. The highest BCUT2D eigenvalue weighted by molar-refractivity contribution is 5.34. The minimum atomic E-state index is -4.79. The van der Waals surface area contributed by atoms with Crippen LogP contribution in [-0.4, -0.2) is 16.5 Å². The second-order valence-corrected chi connectivity index (χ2v) is 1.89. The molecular formula is C6H4F3NO2. The Hall–Kier alpha value is -1.46. The van der Waals surface area contributed by atoms with Crippen LogP contribution in [0.2, 0.25) is 0 Å². The Balaban J connectivity index is 2.83. The normalized spacial score (nSPS) is 11.2. The molecule has 12 heavy (non-hydrogen) atoms. The predicted octanol–water partition coefficient (Wildman–Crippen LogP) is 1.69. The van der Waals surface area contributed by atoms with Gasteiger partial charge in [0.2, 0.25) is 0 Å². The Kier molecular flexibility index (Phi) is 2.07. The van der Waals surface area contributed by atoms with Crippen molar-refractivity contribution >= 4 is 0 Å². The lowest BCUT2D eigenvalue weighted by molar-refractivity contribution is -0.275. The number of alkyl halides is 3. The molecule has 1 N–H and O–H groups in total. The molecule has 0 aromatic carbocycles. The molecule has 1 heterocycles. The Morgan fingerprint density at radius 2 is 2.08 bits per heavy atom. The summed E-state index contributed by atoms with van der Waals surface area (Å²) in [5.41, 5.74) is 0. The SMILES string of the molecule is Oc1cnccc1OC(F)(F)F. The molecule has 0 aliphatic rings. The molecule has 0 fully saturated rings. The minimum Gasteiger partial charge on any atom is -0.503 e. The molecule has 0 bridgehead atoms. The van der Waals surface area contributed by atoms with Crippen LogP contribution < -0.4 is 4.74 Å². The third kappa shape index (κ3) is 2.30. The van der Waals surface area contributed by atoms with Crippen molar-refractivity contribution in [3.8, 4) is 11.5 Å². The lowest BCUT2D eigenvalue weighted by Gasteiger charge is -2.08. The maximum Gasteiger partial charge on any atom is 0.573 e. The van der Waals surface area contributed by atoms with Gasteiger partial charge in [0.25, 0.3) is 0 Å². The summed E-state index contributed by atoms with van der Waals surface area (Å²) >= 11 is 0. The van der Waals surface area contributed by atoms with Crippen LogP contribution in [0.1, 0.15) is 0 Å². The predicted molar refractivity (Wildman–Crippen MR) is 32.6 cm³/mol. The van der Waals surface area contributed by atoms with Crippen molar-refractivity contribution in [3.63, 3.8) is 0 Å². The first-order valence-corrected chi connectivity index (χ1v) is 2.88. The Morgan fingerprint density at radius 3 is 2.58 bits per heavy atom. The van der Waals surface area contributed by atoms with Crippen molar-refractivity contribution in [1.29, 1.82) is 0 Å². The molecule has 1 aromatic heterocycles. The van der Waals surface area contributed by atoms with E-state index in [2.05, 4.69) is 9.72 Å². The van der Waals surface area contributed by atoms with Crippen molar-refractivity contribution in [1.82, 2.24) is 4.98 Å². The zero-order valence-corrected chi connectivity index (χ0v) is 5.67. The van der Waals surface area contributed by atoms with Crippen LogP contribution >= 0.6 is 0 Å². The van der Waals surface area contributed by atoms with Gasteiger partial charge in [0, 0.05) is 12.3 Å². The van der Waals surface area contributed by atoms with Crippen molar-refractivity contribution in [2.75, 3.05) is 0 Å². The second-order valence-electron chi connectivity index (χ2n) is 1.89. The molecule has 0 atom stereocenters. The molecule has 0 radical (unpaired) electrons. The van der Waals surface area contributed by atoms with Crippen LogP contribution in [0.3, 0.4) is 0 Å². The molecule has 0 saturated heterocycles. The van der Waals surface area contributed by atoms with Crippen molar-refractivity contribution in [2.24, 2.45) is 0 Å². The van der Waals surface area contributed by atoms with Crippen LogP contribution in [0.5, 0.6) is 11.5 Å². The maximum absolute atomic E-state index is 11.6. The number of nitrogens with zero attached hydrogens (tertiary/aromatic N) is 1. The average Bonchev–Trinajstić information content (AvgIpc) is 1.91. The highest BCUT2D eigenvalue weighted by atomic mass is 19.4. The van der Waals surface area contributed by atoms with Gasteiger partial charge in [0.1, 0.15) is 0 Å². The van der Waals surface area contributed by atoms with E-state index >= 15 is 0 Å². The number of halogens is 3. The largest absolute Gasteiger partial charge is 0.573 e. The summed E-state index contributed by atoms with van der Waals surface area (Å²) in [7, 11) is 0. The molecule has 3 nitrogen and oxygen atoms in total. The smallest absolute Gasteiger partial charge is 0.503 e. The fourth-order valence-corrected chi connectivity index (χ4v) is 0.584. The summed E-state index contributed by atoms with van der Waals surface area (Å²) in [6, 6.07) is 0.919. The number of pyridine rings is 1. The van der Waals surface area contributed by atoms with E-state index in [1.54, 1.807) is 0 Å². The number of hydrogen-bond donors (Lipinski definition) is 1. The summed E-state index contributed by atoms with van der Waals surface area (Å²) in [6.45, 7) is 0. The number of aromatic nitrogens is 1. The van der Waals surface area contributed by atoms with Crippen molar-refractivity contribution in [3.05, 3.63) is 18.5 Å². The van der Waals surface area contributed by atoms with E-state index in [0.717, 1.165) is 18.5 Å². The van der Waals surface area contributed by atoms with Gasteiger partial charge in [-0.25, -0.2) is 0 Å². The Labute approximate surface area is 65.4 Å². The second kappa shape index (κ2) is 2.88. The van der Waals surface area contributed by atoms with Gasteiger partial charge in [-0.2, -0.15) is 0 Å². The molecule has 0 amide bonds. The van der Waals surface area contributed by atoms with Crippen LogP contribution in [-0.2, 0) is 0 Å². The molecule has 0 saturated carbocycles. The molecule has 0 spiro atoms. The molecule has 0 unspecified atom stereocenters. The highest BCUT2D eigenvalue weighted by Crippen LogP contribution is 2.29. The third-order valence-electron chi connectivity index (χ3n) is 0.987. The summed E-state index contributed by atoms with van der Waals surface area (Å²) < 4.78 is 38.1. The van der Waals surface area contributed by atoms with E-state index in [4.69, 9.17) is 5.11 Å². The molecule has 0 aliphatic carbocycles. The number of rotatable bonds is 1. The fourth-order valence-electron chi connectivity index (χ4n) is 0.584. The summed E-state index contributed by atoms with van der Waals surface area (Å²) in [4.78, 5) is 3.38. The van der Waals surface area contributed by atoms with E-state index in [-0.39, 0.29) is 0 Å². The van der Waals surface area contributed by atoms with Crippen molar-refractivity contribution < 1.29 is 23.0 Å². The third-order valence-corrected chi connectivity index (χ3v) is 0.987. The zero-order valence-electron chi connectivity index (χ0n) is 5.67. The summed E-state index contributed by atoms with van der Waals surface area (Å²) in [6.07, 6.45) is -2.85. The highest BCUT2D eigenvalue weighted by Gasteiger charge is 2.32. The van der Waals surface area contributed by atoms with Crippen LogP contribution in [0.15, 0.2) is 18.5 Å². The number of aromatic hydroxyl groups is 1. The molecular weight excluding hydrogens is 175 g/mol. The monoisotopic (exact) mass is 179 g/mol. The van der Waals surface area contributed by atoms with E-state index in [9.17, 15) is 13.2 Å². The van der Waals surface area contributed by atoms with E-state index in [0.29, 0.717) is 0 Å². The van der Waals surface area contributed by atoms with Gasteiger partial charge in [0.05, 0.1) is 6.20 Å². The number of ether oxygens (including phenoxy) is 1. The first-order chi connectivity index (χ1) is 5.49. The van der Waals surface area contributed by atoms with Gasteiger partial charge in [-0.15, -0.1) is 13.2 Å². The number of hydrogen-bond acceptors (Lipinski definition) is 3. The van der Waals surface area contributed by atoms with Gasteiger partial charge in [-0.1, -0.05) is 0 Å². The quantitative estimate of drug-likeness (QED) is 0.713. The van der Waals surface area contributed by atoms with Gasteiger partial charge in [0.15, 0.2) is 11.5 Å². The fraction of sp³-hybridized carbons (Fsp3) is 0.167. The summed E-state index contributed by atoms with van der Waals surface area (Å²) in [5, 5.41) is 8.79. The molecule has 66 valence electrons. The minimum absolute atomic E-state index is 0.644. The van der Waals surface area contributed by atoms with Crippen LogP contribution in [0.4, 0.5) is 13.2 Å². The first-order valence-electron chi connectivity index (χ1n) is 2.88. The average molecular weight is 179 g/mol. The topological polar surface area (TPSA) is 42.4 Å². The van der Waals surface area contributed by atoms with Gasteiger partial charge in [-0.3, -0.25) is 4.98 Å². The molecule has 1 rings (SSSR count). The molecule has 1 aromatic rings.